The Morgan fingerprint density at radius 2 is 1.75 bits per heavy atom. The Balaban J connectivity index is 1.59. The first kappa shape index (κ1) is 21.0. The Kier molecular flexibility index (Phi) is 5.85. The summed E-state index contributed by atoms with van der Waals surface area (Å²) in [5.41, 5.74) is 3.36. The molecule has 0 saturated carbocycles. The molecule has 7 heteroatoms. The van der Waals surface area contributed by atoms with Crippen LogP contribution in [0.4, 0.5) is 0 Å². The summed E-state index contributed by atoms with van der Waals surface area (Å²) in [6, 6.07) is 20.3. The summed E-state index contributed by atoms with van der Waals surface area (Å²) in [5.74, 6) is 0.818. The van der Waals surface area contributed by atoms with Crippen molar-refractivity contribution in [1.29, 1.82) is 0 Å². The average molecular weight is 462 g/mol. The minimum atomic E-state index is 0.0168. The first-order chi connectivity index (χ1) is 15.6. The van der Waals surface area contributed by atoms with Crippen LogP contribution in [0.5, 0.6) is 0 Å². The number of carbonyl (C=O) groups is 1. The molecule has 2 aromatic heterocycles. The molecular weight excluding hydrogens is 438 g/mol. The van der Waals surface area contributed by atoms with Crippen LogP contribution in [0, 0.1) is 0 Å². The molecule has 162 valence electrons. The first-order valence-electron chi connectivity index (χ1n) is 10.6. The van der Waals surface area contributed by atoms with Crippen LogP contribution in [-0.4, -0.2) is 26.9 Å². The van der Waals surface area contributed by atoms with Crippen LogP contribution in [0.25, 0.3) is 10.2 Å². The molecular formula is C25H23N3O2S2. The van der Waals surface area contributed by atoms with Crippen LogP contribution in [0.1, 0.15) is 28.5 Å². The van der Waals surface area contributed by atoms with Gasteiger partial charge in [-0.05, 0) is 23.1 Å². The number of thiophene rings is 1. The second kappa shape index (κ2) is 8.92. The van der Waals surface area contributed by atoms with Gasteiger partial charge in [-0.3, -0.25) is 14.2 Å². The van der Waals surface area contributed by atoms with Gasteiger partial charge in [0.05, 0.1) is 18.5 Å². The van der Waals surface area contributed by atoms with Crippen LogP contribution in [0.3, 0.4) is 0 Å². The number of hydrogen-bond acceptors (Lipinski definition) is 5. The van der Waals surface area contributed by atoms with Gasteiger partial charge >= 0.3 is 0 Å². The van der Waals surface area contributed by atoms with E-state index in [1.807, 2.05) is 58.0 Å². The second-order valence-electron chi connectivity index (χ2n) is 7.92. The number of carbonyl (C=O) groups excluding carboxylic acids is 1. The van der Waals surface area contributed by atoms with E-state index >= 15 is 0 Å². The van der Waals surface area contributed by atoms with E-state index in [2.05, 4.69) is 12.1 Å². The number of benzene rings is 2. The molecule has 0 bridgehead atoms. The highest BCUT2D eigenvalue weighted by Crippen LogP contribution is 2.34. The Morgan fingerprint density at radius 1 is 1.06 bits per heavy atom. The van der Waals surface area contributed by atoms with E-state index in [4.69, 9.17) is 4.98 Å². The highest BCUT2D eigenvalue weighted by molar-refractivity contribution is 7.98. The van der Waals surface area contributed by atoms with E-state index in [-0.39, 0.29) is 11.5 Å². The maximum atomic E-state index is 13.7. The fraction of sp³-hybridized carbons (Fsp3) is 0.240. The van der Waals surface area contributed by atoms with Gasteiger partial charge in [0.1, 0.15) is 4.83 Å². The van der Waals surface area contributed by atoms with E-state index in [1.165, 1.54) is 5.56 Å². The van der Waals surface area contributed by atoms with E-state index in [0.717, 1.165) is 37.1 Å². The Labute approximate surface area is 194 Å². The van der Waals surface area contributed by atoms with Crippen molar-refractivity contribution in [3.8, 4) is 0 Å². The lowest BCUT2D eigenvalue weighted by Gasteiger charge is -2.25. The molecule has 1 amide bonds. The summed E-state index contributed by atoms with van der Waals surface area (Å²) in [7, 11) is 0. The number of thioether (sulfide) groups is 1. The molecule has 0 fully saturated rings. The van der Waals surface area contributed by atoms with Gasteiger partial charge in [0.15, 0.2) is 5.16 Å². The summed E-state index contributed by atoms with van der Waals surface area (Å²) in [5, 5.41) is 1.46. The predicted molar refractivity (Wildman–Crippen MR) is 130 cm³/mol. The number of amides is 1. The maximum absolute atomic E-state index is 13.7. The predicted octanol–water partition coefficient (Wildman–Crippen LogP) is 4.70. The molecule has 1 aliphatic rings. The zero-order valence-electron chi connectivity index (χ0n) is 17.8. The zero-order chi connectivity index (χ0) is 22.1. The van der Waals surface area contributed by atoms with Gasteiger partial charge in [0.25, 0.3) is 5.56 Å². The molecule has 32 heavy (non-hydrogen) atoms. The van der Waals surface area contributed by atoms with E-state index in [0.29, 0.717) is 26.1 Å². The highest BCUT2D eigenvalue weighted by atomic mass is 32.2. The van der Waals surface area contributed by atoms with Gasteiger partial charge in [0, 0.05) is 24.1 Å². The van der Waals surface area contributed by atoms with Crippen LogP contribution < -0.4 is 5.56 Å². The molecule has 0 aliphatic carbocycles. The van der Waals surface area contributed by atoms with Crippen molar-refractivity contribution >= 4 is 39.2 Å². The van der Waals surface area contributed by atoms with Crippen molar-refractivity contribution in [1.82, 2.24) is 14.5 Å². The Morgan fingerprint density at radius 3 is 2.44 bits per heavy atom. The lowest BCUT2D eigenvalue weighted by molar-refractivity contribution is -0.129. The standard InChI is InChI=1S/C25H23N3O2S2/c1-17(29)27-13-12-20-21(15-27)32-23-22(20)24(30)28(14-18-8-4-2-5-9-18)25(26-23)31-16-19-10-6-3-7-11-19/h2-11H,12-16H2,1H3. The Bertz CT molecular complexity index is 1330. The monoisotopic (exact) mass is 461 g/mol. The maximum Gasteiger partial charge on any atom is 0.263 e. The normalized spacial score (nSPS) is 13.3. The van der Waals surface area contributed by atoms with E-state index < -0.39 is 0 Å². The van der Waals surface area contributed by atoms with Crippen LogP contribution >= 0.6 is 23.1 Å². The first-order valence-corrected chi connectivity index (χ1v) is 12.4. The van der Waals surface area contributed by atoms with Gasteiger partial charge < -0.3 is 4.90 Å². The number of rotatable bonds is 5. The summed E-state index contributed by atoms with van der Waals surface area (Å²) in [6.07, 6.45) is 0.702. The smallest absolute Gasteiger partial charge is 0.263 e. The van der Waals surface area contributed by atoms with Crippen molar-refractivity contribution in [2.24, 2.45) is 0 Å². The molecule has 3 heterocycles. The van der Waals surface area contributed by atoms with Crippen molar-refractivity contribution in [3.05, 3.63) is 92.6 Å². The van der Waals surface area contributed by atoms with Crippen molar-refractivity contribution in [3.63, 3.8) is 0 Å². The molecule has 2 aromatic carbocycles. The van der Waals surface area contributed by atoms with Gasteiger partial charge in [-0.15, -0.1) is 11.3 Å². The minimum Gasteiger partial charge on any atom is -0.337 e. The summed E-state index contributed by atoms with van der Waals surface area (Å²) < 4.78 is 1.82. The zero-order valence-corrected chi connectivity index (χ0v) is 19.4. The van der Waals surface area contributed by atoms with Crippen molar-refractivity contribution < 1.29 is 4.79 Å². The van der Waals surface area contributed by atoms with Gasteiger partial charge in [-0.25, -0.2) is 4.98 Å². The van der Waals surface area contributed by atoms with Crippen LogP contribution in [0.15, 0.2) is 70.6 Å². The fourth-order valence-corrected chi connectivity index (χ4v) is 6.29. The largest absolute Gasteiger partial charge is 0.337 e. The minimum absolute atomic E-state index is 0.0168. The van der Waals surface area contributed by atoms with E-state index in [9.17, 15) is 9.59 Å². The molecule has 0 unspecified atom stereocenters. The molecule has 4 aromatic rings. The summed E-state index contributed by atoms with van der Waals surface area (Å²) in [6.45, 7) is 3.30. The van der Waals surface area contributed by atoms with Crippen LogP contribution in [0.2, 0.25) is 0 Å². The number of fused-ring (bicyclic) bond motifs is 3. The second-order valence-corrected chi connectivity index (χ2v) is 9.95. The van der Waals surface area contributed by atoms with Gasteiger partial charge in [-0.2, -0.15) is 0 Å². The SMILES string of the molecule is CC(=O)N1CCc2c(sc3nc(SCc4ccccc4)n(Cc4ccccc4)c(=O)c23)C1. The third-order valence-electron chi connectivity index (χ3n) is 5.77. The molecule has 0 N–H and O–H groups in total. The number of hydrogen-bond donors (Lipinski definition) is 0. The molecule has 5 nitrogen and oxygen atoms in total. The summed E-state index contributed by atoms with van der Waals surface area (Å²) >= 11 is 3.15. The lowest BCUT2D eigenvalue weighted by Crippen LogP contribution is -2.34. The highest BCUT2D eigenvalue weighted by Gasteiger charge is 2.26. The molecule has 0 radical (unpaired) electrons. The number of nitrogens with zero attached hydrogens (tertiary/aromatic N) is 3. The third-order valence-corrected chi connectivity index (χ3v) is 7.92. The Hall–Kier alpha value is -2.90. The van der Waals surface area contributed by atoms with Crippen LogP contribution in [-0.2, 0) is 30.1 Å². The average Bonchev–Trinajstić information content (AvgIpc) is 3.19. The van der Waals surface area contributed by atoms with Crippen molar-refractivity contribution in [2.75, 3.05) is 6.54 Å². The molecule has 0 atom stereocenters. The summed E-state index contributed by atoms with van der Waals surface area (Å²) in [4.78, 5) is 34.3. The lowest BCUT2D eigenvalue weighted by atomic mass is 10.1. The van der Waals surface area contributed by atoms with Gasteiger partial charge in [-0.1, -0.05) is 72.4 Å². The quantitative estimate of drug-likeness (QED) is 0.319. The van der Waals surface area contributed by atoms with Gasteiger partial charge in [0.2, 0.25) is 5.91 Å². The fourth-order valence-electron chi connectivity index (χ4n) is 4.06. The molecule has 1 aliphatic heterocycles. The van der Waals surface area contributed by atoms with E-state index in [1.54, 1.807) is 30.0 Å². The molecule has 5 rings (SSSR count). The molecule has 0 spiro atoms. The molecule has 0 saturated heterocycles. The number of aromatic nitrogens is 2. The third kappa shape index (κ3) is 4.10. The topological polar surface area (TPSA) is 55.2 Å². The van der Waals surface area contributed by atoms with Crippen molar-refractivity contribution in [2.45, 2.75) is 37.3 Å².